The summed E-state index contributed by atoms with van der Waals surface area (Å²) in [6.45, 7) is 2.66. The molecular formula is C12H16N2O3S. The van der Waals surface area contributed by atoms with Crippen molar-refractivity contribution in [2.75, 3.05) is 18.1 Å². The summed E-state index contributed by atoms with van der Waals surface area (Å²) in [4.78, 5) is 26.3. The zero-order chi connectivity index (χ0) is 13.4. The van der Waals surface area contributed by atoms with Gasteiger partial charge in [-0.1, -0.05) is 6.92 Å². The van der Waals surface area contributed by atoms with Crippen molar-refractivity contribution in [2.24, 2.45) is 0 Å². The Bertz CT molecular complexity index is 424. The van der Waals surface area contributed by atoms with E-state index in [1.165, 1.54) is 18.3 Å². The number of carboxylic acids is 1. The van der Waals surface area contributed by atoms with E-state index in [2.05, 4.69) is 17.2 Å². The SMILES string of the molecule is CCSCCCNC(=O)c1cc(C(=O)O)ccn1. The molecule has 0 bridgehead atoms. The van der Waals surface area contributed by atoms with Gasteiger partial charge in [-0.25, -0.2) is 4.79 Å². The van der Waals surface area contributed by atoms with Crippen LogP contribution in [0, 0.1) is 0 Å². The fraction of sp³-hybridized carbons (Fsp3) is 0.417. The second kappa shape index (κ2) is 7.71. The quantitative estimate of drug-likeness (QED) is 0.735. The molecular weight excluding hydrogens is 252 g/mol. The van der Waals surface area contributed by atoms with Gasteiger partial charge in [0.05, 0.1) is 5.56 Å². The summed E-state index contributed by atoms with van der Waals surface area (Å²) in [7, 11) is 0. The van der Waals surface area contributed by atoms with Crippen LogP contribution in [0.5, 0.6) is 0 Å². The van der Waals surface area contributed by atoms with E-state index in [9.17, 15) is 9.59 Å². The second-order valence-corrected chi connectivity index (χ2v) is 4.94. The maximum Gasteiger partial charge on any atom is 0.335 e. The topological polar surface area (TPSA) is 79.3 Å². The number of amides is 1. The van der Waals surface area contributed by atoms with Crippen molar-refractivity contribution in [3.63, 3.8) is 0 Å². The number of carbonyl (C=O) groups is 2. The van der Waals surface area contributed by atoms with Gasteiger partial charge in [0, 0.05) is 12.7 Å². The molecule has 0 spiro atoms. The summed E-state index contributed by atoms with van der Waals surface area (Å²) >= 11 is 1.82. The molecule has 0 radical (unpaired) electrons. The van der Waals surface area contributed by atoms with Crippen LogP contribution >= 0.6 is 11.8 Å². The zero-order valence-electron chi connectivity index (χ0n) is 10.2. The number of thioether (sulfide) groups is 1. The van der Waals surface area contributed by atoms with Gasteiger partial charge in [-0.05, 0) is 30.1 Å². The summed E-state index contributed by atoms with van der Waals surface area (Å²) in [5.74, 6) is 0.667. The zero-order valence-corrected chi connectivity index (χ0v) is 11.0. The number of hydrogen-bond acceptors (Lipinski definition) is 4. The largest absolute Gasteiger partial charge is 0.478 e. The summed E-state index contributed by atoms with van der Waals surface area (Å²) in [5, 5.41) is 11.5. The Morgan fingerprint density at radius 2 is 2.28 bits per heavy atom. The van der Waals surface area contributed by atoms with Gasteiger partial charge in [0.2, 0.25) is 0 Å². The molecule has 0 saturated carbocycles. The average molecular weight is 268 g/mol. The Morgan fingerprint density at radius 1 is 1.50 bits per heavy atom. The standard InChI is InChI=1S/C12H16N2O3S/c1-2-18-7-3-5-14-11(15)10-8-9(12(16)17)4-6-13-10/h4,6,8H,2-3,5,7H2,1H3,(H,14,15)(H,16,17). The summed E-state index contributed by atoms with van der Waals surface area (Å²) in [6.07, 6.45) is 2.22. The summed E-state index contributed by atoms with van der Waals surface area (Å²) in [6, 6.07) is 2.63. The predicted octanol–water partition coefficient (Wildman–Crippen LogP) is 1.65. The third kappa shape index (κ3) is 4.75. The lowest BCUT2D eigenvalue weighted by Gasteiger charge is -2.04. The third-order valence-corrected chi connectivity index (χ3v) is 3.18. The van der Waals surface area contributed by atoms with E-state index in [-0.39, 0.29) is 17.2 Å². The first-order valence-electron chi connectivity index (χ1n) is 5.70. The van der Waals surface area contributed by atoms with Crippen LogP contribution in [-0.2, 0) is 0 Å². The first-order chi connectivity index (χ1) is 8.65. The Balaban J connectivity index is 2.46. The Hall–Kier alpha value is -1.56. The molecule has 0 aliphatic heterocycles. The van der Waals surface area contributed by atoms with Gasteiger partial charge >= 0.3 is 5.97 Å². The number of hydrogen-bond donors (Lipinski definition) is 2. The molecule has 0 aromatic carbocycles. The monoisotopic (exact) mass is 268 g/mol. The molecule has 1 aromatic rings. The highest BCUT2D eigenvalue weighted by Gasteiger charge is 2.10. The number of aromatic carboxylic acids is 1. The van der Waals surface area contributed by atoms with Crippen LogP contribution in [0.15, 0.2) is 18.3 Å². The first kappa shape index (κ1) is 14.5. The molecule has 18 heavy (non-hydrogen) atoms. The first-order valence-corrected chi connectivity index (χ1v) is 6.86. The highest BCUT2D eigenvalue weighted by Crippen LogP contribution is 2.03. The molecule has 6 heteroatoms. The molecule has 2 N–H and O–H groups in total. The molecule has 0 aliphatic rings. The van der Waals surface area contributed by atoms with Crippen molar-refractivity contribution >= 4 is 23.6 Å². The molecule has 1 aromatic heterocycles. The van der Waals surface area contributed by atoms with E-state index in [0.717, 1.165) is 17.9 Å². The second-order valence-electron chi connectivity index (χ2n) is 3.54. The van der Waals surface area contributed by atoms with Gasteiger partial charge < -0.3 is 10.4 Å². The van der Waals surface area contributed by atoms with Crippen LogP contribution in [0.1, 0.15) is 34.2 Å². The number of carboxylic acid groups (broad SMARTS) is 1. The minimum absolute atomic E-state index is 0.0664. The summed E-state index contributed by atoms with van der Waals surface area (Å²) < 4.78 is 0. The molecule has 0 unspecified atom stereocenters. The highest BCUT2D eigenvalue weighted by atomic mass is 32.2. The predicted molar refractivity (Wildman–Crippen MR) is 71.1 cm³/mol. The highest BCUT2D eigenvalue weighted by molar-refractivity contribution is 7.99. The van der Waals surface area contributed by atoms with E-state index in [0.29, 0.717) is 6.54 Å². The average Bonchev–Trinajstić information content (AvgIpc) is 2.38. The van der Waals surface area contributed by atoms with Gasteiger partial charge in [0.25, 0.3) is 5.91 Å². The molecule has 5 nitrogen and oxygen atoms in total. The number of nitrogens with one attached hydrogen (secondary N) is 1. The Labute approximate surface area is 110 Å². The van der Waals surface area contributed by atoms with Crippen molar-refractivity contribution in [2.45, 2.75) is 13.3 Å². The molecule has 98 valence electrons. The van der Waals surface area contributed by atoms with E-state index in [1.807, 2.05) is 11.8 Å². The molecule has 0 aliphatic carbocycles. The lowest BCUT2D eigenvalue weighted by Crippen LogP contribution is -2.26. The van der Waals surface area contributed by atoms with Crippen LogP contribution < -0.4 is 5.32 Å². The van der Waals surface area contributed by atoms with Crippen LogP contribution in [-0.4, -0.2) is 40.0 Å². The number of aromatic nitrogens is 1. The fourth-order valence-corrected chi connectivity index (χ4v) is 1.94. The van der Waals surface area contributed by atoms with Gasteiger partial charge in [-0.3, -0.25) is 9.78 Å². The lowest BCUT2D eigenvalue weighted by molar-refractivity contribution is 0.0696. The van der Waals surface area contributed by atoms with Crippen molar-refractivity contribution in [1.29, 1.82) is 0 Å². The molecule has 1 heterocycles. The lowest BCUT2D eigenvalue weighted by atomic mass is 10.2. The normalized spacial score (nSPS) is 10.1. The number of nitrogens with zero attached hydrogens (tertiary/aromatic N) is 1. The number of rotatable bonds is 7. The molecule has 0 saturated heterocycles. The minimum atomic E-state index is -1.06. The van der Waals surface area contributed by atoms with E-state index < -0.39 is 5.97 Å². The van der Waals surface area contributed by atoms with Crippen molar-refractivity contribution in [3.05, 3.63) is 29.6 Å². The third-order valence-electron chi connectivity index (χ3n) is 2.19. The number of pyridine rings is 1. The van der Waals surface area contributed by atoms with Crippen molar-refractivity contribution in [3.8, 4) is 0 Å². The van der Waals surface area contributed by atoms with Gasteiger partial charge in [-0.15, -0.1) is 0 Å². The van der Waals surface area contributed by atoms with Crippen LogP contribution in [0.2, 0.25) is 0 Å². The van der Waals surface area contributed by atoms with E-state index in [1.54, 1.807) is 0 Å². The Morgan fingerprint density at radius 3 is 2.94 bits per heavy atom. The molecule has 0 fully saturated rings. The van der Waals surface area contributed by atoms with Crippen molar-refractivity contribution in [1.82, 2.24) is 10.3 Å². The maximum absolute atomic E-state index is 11.7. The molecule has 0 atom stereocenters. The molecule has 1 rings (SSSR count). The smallest absolute Gasteiger partial charge is 0.335 e. The van der Waals surface area contributed by atoms with Crippen molar-refractivity contribution < 1.29 is 14.7 Å². The molecule has 1 amide bonds. The number of carbonyl (C=O) groups excluding carboxylic acids is 1. The fourth-order valence-electron chi connectivity index (χ4n) is 1.30. The maximum atomic E-state index is 11.7. The Kier molecular flexibility index (Phi) is 6.21. The van der Waals surface area contributed by atoms with E-state index >= 15 is 0 Å². The van der Waals surface area contributed by atoms with Crippen LogP contribution in [0.4, 0.5) is 0 Å². The van der Waals surface area contributed by atoms with Gasteiger partial charge in [-0.2, -0.15) is 11.8 Å². The minimum Gasteiger partial charge on any atom is -0.478 e. The van der Waals surface area contributed by atoms with Crippen LogP contribution in [0.3, 0.4) is 0 Å². The van der Waals surface area contributed by atoms with Gasteiger partial charge in [0.1, 0.15) is 5.69 Å². The van der Waals surface area contributed by atoms with Gasteiger partial charge in [0.15, 0.2) is 0 Å². The van der Waals surface area contributed by atoms with Crippen LogP contribution in [0.25, 0.3) is 0 Å². The summed E-state index contributed by atoms with van der Waals surface area (Å²) in [5.41, 5.74) is 0.203. The van der Waals surface area contributed by atoms with E-state index in [4.69, 9.17) is 5.11 Å².